The molecule has 0 fully saturated rings. The number of aromatic nitrogens is 4. The second kappa shape index (κ2) is 7.35. The maximum Gasteiger partial charge on any atom is 0.248 e. The highest BCUT2D eigenvalue weighted by Gasteiger charge is 2.23. The highest BCUT2D eigenvalue weighted by molar-refractivity contribution is 5.89. The van der Waals surface area contributed by atoms with Gasteiger partial charge in [0.05, 0.1) is 18.8 Å². The zero-order valence-electron chi connectivity index (χ0n) is 14.2. The minimum absolute atomic E-state index is 0.0951. The van der Waals surface area contributed by atoms with E-state index in [1.165, 1.54) is 0 Å². The standard InChI is InChI=1S/C19H19N5O2/c25-18(11-14-8-10-26-17-7-2-1-6-16(14)17)22-19-21-13-24(23-19)12-15-5-3-4-9-20-15/h1-7,9,13-14H,8,10-12H2,(H,22,23,25)/t14-/m0/s1. The lowest BCUT2D eigenvalue weighted by Crippen LogP contribution is -2.21. The van der Waals surface area contributed by atoms with Crippen molar-refractivity contribution in [2.24, 2.45) is 0 Å². The molecular weight excluding hydrogens is 330 g/mol. The van der Waals surface area contributed by atoms with Gasteiger partial charge in [-0.25, -0.2) is 9.67 Å². The van der Waals surface area contributed by atoms with E-state index in [0.29, 0.717) is 25.5 Å². The molecule has 2 aromatic heterocycles. The number of nitrogens with zero attached hydrogens (tertiary/aromatic N) is 4. The van der Waals surface area contributed by atoms with Crippen LogP contribution >= 0.6 is 0 Å². The fraction of sp³-hybridized carbons (Fsp3) is 0.263. The molecule has 1 aromatic carbocycles. The van der Waals surface area contributed by atoms with Gasteiger partial charge in [0.25, 0.3) is 0 Å². The number of rotatable bonds is 5. The first-order valence-electron chi connectivity index (χ1n) is 8.59. The van der Waals surface area contributed by atoms with Crippen molar-refractivity contribution in [3.8, 4) is 5.75 Å². The Morgan fingerprint density at radius 2 is 2.08 bits per heavy atom. The molecule has 7 nitrogen and oxygen atoms in total. The number of amides is 1. The summed E-state index contributed by atoms with van der Waals surface area (Å²) in [6.45, 7) is 1.14. The van der Waals surface area contributed by atoms with Crippen molar-refractivity contribution in [1.29, 1.82) is 0 Å². The van der Waals surface area contributed by atoms with E-state index in [1.807, 2.05) is 42.5 Å². The molecule has 0 saturated carbocycles. The quantitative estimate of drug-likeness (QED) is 0.766. The monoisotopic (exact) mass is 349 g/mol. The summed E-state index contributed by atoms with van der Waals surface area (Å²) in [5.41, 5.74) is 1.97. The number of ether oxygens (including phenoxy) is 1. The first-order chi connectivity index (χ1) is 12.8. The Balaban J connectivity index is 1.37. The predicted molar refractivity (Wildman–Crippen MR) is 95.9 cm³/mol. The summed E-state index contributed by atoms with van der Waals surface area (Å²) in [5, 5.41) is 7.07. The molecule has 0 unspecified atom stereocenters. The van der Waals surface area contributed by atoms with Crippen molar-refractivity contribution in [2.45, 2.75) is 25.3 Å². The van der Waals surface area contributed by atoms with Gasteiger partial charge in [0.1, 0.15) is 12.1 Å². The lowest BCUT2D eigenvalue weighted by molar-refractivity contribution is -0.116. The number of hydrogen-bond acceptors (Lipinski definition) is 5. The Morgan fingerprint density at radius 1 is 1.19 bits per heavy atom. The van der Waals surface area contributed by atoms with E-state index in [2.05, 4.69) is 20.4 Å². The van der Waals surface area contributed by atoms with Crippen molar-refractivity contribution in [3.05, 3.63) is 66.2 Å². The molecule has 7 heteroatoms. The summed E-state index contributed by atoms with van der Waals surface area (Å²) >= 11 is 0. The molecule has 0 bridgehead atoms. The number of fused-ring (bicyclic) bond motifs is 1. The molecule has 1 aliphatic heterocycles. The first-order valence-corrected chi connectivity index (χ1v) is 8.59. The minimum Gasteiger partial charge on any atom is -0.493 e. The molecule has 0 radical (unpaired) electrons. The maximum atomic E-state index is 12.4. The average molecular weight is 349 g/mol. The molecule has 132 valence electrons. The van der Waals surface area contributed by atoms with Crippen LogP contribution in [0.15, 0.2) is 55.0 Å². The summed E-state index contributed by atoms with van der Waals surface area (Å²) in [4.78, 5) is 20.8. The topological polar surface area (TPSA) is 81.9 Å². The second-order valence-electron chi connectivity index (χ2n) is 6.21. The van der Waals surface area contributed by atoms with Gasteiger partial charge in [-0.2, -0.15) is 0 Å². The Bertz CT molecular complexity index is 894. The molecule has 3 heterocycles. The number of nitrogens with one attached hydrogen (secondary N) is 1. The van der Waals surface area contributed by atoms with Crippen LogP contribution < -0.4 is 10.1 Å². The second-order valence-corrected chi connectivity index (χ2v) is 6.21. The van der Waals surface area contributed by atoms with Gasteiger partial charge in [0, 0.05) is 12.6 Å². The van der Waals surface area contributed by atoms with E-state index < -0.39 is 0 Å². The number of hydrogen-bond donors (Lipinski definition) is 1. The first kappa shape index (κ1) is 16.3. The summed E-state index contributed by atoms with van der Waals surface area (Å²) < 4.78 is 7.30. The fourth-order valence-electron chi connectivity index (χ4n) is 3.11. The van der Waals surface area contributed by atoms with Gasteiger partial charge in [0.2, 0.25) is 11.9 Å². The predicted octanol–water partition coefficient (Wildman–Crippen LogP) is 2.62. The van der Waals surface area contributed by atoms with Crippen molar-refractivity contribution >= 4 is 11.9 Å². The number of anilines is 1. The fourth-order valence-corrected chi connectivity index (χ4v) is 3.11. The molecular formula is C19H19N5O2. The lowest BCUT2D eigenvalue weighted by atomic mass is 9.90. The van der Waals surface area contributed by atoms with Crippen LogP contribution in [0.2, 0.25) is 0 Å². The molecule has 0 saturated heterocycles. The van der Waals surface area contributed by atoms with Crippen molar-refractivity contribution in [1.82, 2.24) is 19.7 Å². The average Bonchev–Trinajstić information content (AvgIpc) is 3.09. The van der Waals surface area contributed by atoms with Gasteiger partial charge >= 0.3 is 0 Å². The SMILES string of the molecule is O=C(C[C@@H]1CCOc2ccccc21)Nc1ncn(Cc2ccccn2)n1. The van der Waals surface area contributed by atoms with E-state index >= 15 is 0 Å². The molecule has 26 heavy (non-hydrogen) atoms. The van der Waals surface area contributed by atoms with E-state index in [-0.39, 0.29) is 11.8 Å². The third kappa shape index (κ3) is 3.72. The molecule has 3 aromatic rings. The molecule has 1 amide bonds. The molecule has 1 N–H and O–H groups in total. The molecule has 0 aliphatic carbocycles. The van der Waals surface area contributed by atoms with Crippen LogP contribution in [-0.4, -0.2) is 32.3 Å². The van der Waals surface area contributed by atoms with Crippen LogP contribution in [0.25, 0.3) is 0 Å². The Morgan fingerprint density at radius 3 is 2.96 bits per heavy atom. The summed E-state index contributed by atoms with van der Waals surface area (Å²) in [6.07, 6.45) is 4.54. The van der Waals surface area contributed by atoms with Crippen LogP contribution in [0.3, 0.4) is 0 Å². The Labute approximate surface area is 151 Å². The highest BCUT2D eigenvalue weighted by Crippen LogP contribution is 2.35. The van der Waals surface area contributed by atoms with E-state index in [9.17, 15) is 4.79 Å². The highest BCUT2D eigenvalue weighted by atomic mass is 16.5. The third-order valence-corrected chi connectivity index (χ3v) is 4.35. The summed E-state index contributed by atoms with van der Waals surface area (Å²) in [5.74, 6) is 1.23. The normalized spacial score (nSPS) is 15.8. The van der Waals surface area contributed by atoms with Crippen LogP contribution in [0.4, 0.5) is 5.95 Å². The van der Waals surface area contributed by atoms with Crippen molar-refractivity contribution < 1.29 is 9.53 Å². The minimum atomic E-state index is -0.0951. The number of para-hydroxylation sites is 1. The van der Waals surface area contributed by atoms with E-state index in [4.69, 9.17) is 4.74 Å². The van der Waals surface area contributed by atoms with E-state index in [0.717, 1.165) is 23.4 Å². The Kier molecular flexibility index (Phi) is 4.59. The molecule has 1 atom stereocenters. The van der Waals surface area contributed by atoms with Crippen molar-refractivity contribution in [3.63, 3.8) is 0 Å². The van der Waals surface area contributed by atoms with Gasteiger partial charge in [-0.3, -0.25) is 15.1 Å². The van der Waals surface area contributed by atoms with Crippen molar-refractivity contribution in [2.75, 3.05) is 11.9 Å². The largest absolute Gasteiger partial charge is 0.493 e. The van der Waals surface area contributed by atoms with Gasteiger partial charge < -0.3 is 4.74 Å². The number of pyridine rings is 1. The smallest absolute Gasteiger partial charge is 0.248 e. The van der Waals surface area contributed by atoms with Gasteiger partial charge in [-0.05, 0) is 36.1 Å². The van der Waals surface area contributed by atoms with Crippen LogP contribution in [0.5, 0.6) is 5.75 Å². The third-order valence-electron chi connectivity index (χ3n) is 4.35. The maximum absolute atomic E-state index is 12.4. The van der Waals surface area contributed by atoms with Gasteiger partial charge in [0.15, 0.2) is 0 Å². The van der Waals surface area contributed by atoms with Gasteiger partial charge in [-0.1, -0.05) is 24.3 Å². The lowest BCUT2D eigenvalue weighted by Gasteiger charge is -2.25. The van der Waals surface area contributed by atoms with Gasteiger partial charge in [-0.15, -0.1) is 5.10 Å². The molecule has 1 aliphatic rings. The molecule has 0 spiro atoms. The van der Waals surface area contributed by atoms with Crippen LogP contribution in [-0.2, 0) is 11.3 Å². The number of carbonyl (C=O) groups excluding carboxylic acids is 1. The summed E-state index contributed by atoms with van der Waals surface area (Å²) in [7, 11) is 0. The van der Waals surface area contributed by atoms with E-state index in [1.54, 1.807) is 17.2 Å². The number of carbonyl (C=O) groups is 1. The zero-order chi connectivity index (χ0) is 17.8. The van der Waals surface area contributed by atoms with Crippen LogP contribution in [0.1, 0.15) is 30.0 Å². The molecule has 4 rings (SSSR count). The zero-order valence-corrected chi connectivity index (χ0v) is 14.2. The Hall–Kier alpha value is -3.22. The number of benzene rings is 1. The summed E-state index contributed by atoms with van der Waals surface area (Å²) in [6, 6.07) is 13.6. The van der Waals surface area contributed by atoms with Crippen LogP contribution in [0, 0.1) is 0 Å².